The normalized spacial score (nSPS) is 14.8. The summed E-state index contributed by atoms with van der Waals surface area (Å²) in [6, 6.07) is 17.6. The van der Waals surface area contributed by atoms with Gasteiger partial charge in [0, 0.05) is 29.1 Å². The molecule has 1 aliphatic heterocycles. The predicted molar refractivity (Wildman–Crippen MR) is 125 cm³/mol. The highest BCUT2D eigenvalue weighted by Gasteiger charge is 2.29. The highest BCUT2D eigenvalue weighted by molar-refractivity contribution is 14.1. The molecule has 0 bridgehead atoms. The van der Waals surface area contributed by atoms with Crippen LogP contribution in [0.2, 0.25) is 0 Å². The molecule has 6 nitrogen and oxygen atoms in total. The van der Waals surface area contributed by atoms with Gasteiger partial charge in [-0.2, -0.15) is 5.10 Å². The van der Waals surface area contributed by atoms with Crippen LogP contribution < -0.4 is 5.69 Å². The van der Waals surface area contributed by atoms with Crippen LogP contribution in [-0.2, 0) is 13.1 Å². The van der Waals surface area contributed by atoms with Gasteiger partial charge in [0.1, 0.15) is 5.82 Å². The van der Waals surface area contributed by atoms with Crippen molar-refractivity contribution in [2.24, 2.45) is 0 Å². The maximum absolute atomic E-state index is 12.9. The van der Waals surface area contributed by atoms with Crippen LogP contribution in [0.25, 0.3) is 0 Å². The summed E-state index contributed by atoms with van der Waals surface area (Å²) in [5, 5.41) is 4.70. The molecule has 0 spiro atoms. The highest BCUT2D eigenvalue weighted by atomic mass is 127. The Balaban J connectivity index is 1.49. The molecule has 0 unspecified atom stereocenters. The Bertz CT molecular complexity index is 1080. The van der Waals surface area contributed by atoms with Crippen molar-refractivity contribution in [2.75, 3.05) is 13.1 Å². The fourth-order valence-electron chi connectivity index (χ4n) is 4.06. The van der Waals surface area contributed by atoms with Crippen molar-refractivity contribution < 1.29 is 4.79 Å². The first-order valence-corrected chi connectivity index (χ1v) is 11.4. The van der Waals surface area contributed by atoms with Crippen molar-refractivity contribution in [3.8, 4) is 0 Å². The third-order valence-corrected chi connectivity index (χ3v) is 6.64. The second-order valence-corrected chi connectivity index (χ2v) is 8.74. The van der Waals surface area contributed by atoms with E-state index in [-0.39, 0.29) is 17.5 Å². The molecule has 0 aliphatic carbocycles. The second-order valence-electron chi connectivity index (χ2n) is 7.57. The molecule has 2 heterocycles. The van der Waals surface area contributed by atoms with E-state index in [2.05, 4.69) is 22.6 Å². The van der Waals surface area contributed by atoms with Crippen LogP contribution in [0, 0.1) is 3.57 Å². The number of nitrogens with zero attached hydrogens (tertiary/aromatic N) is 4. The summed E-state index contributed by atoms with van der Waals surface area (Å²) in [5.74, 6) is 1.12. The summed E-state index contributed by atoms with van der Waals surface area (Å²) in [4.78, 5) is 27.7. The number of hydrogen-bond acceptors (Lipinski definition) is 3. The van der Waals surface area contributed by atoms with Crippen molar-refractivity contribution in [1.29, 1.82) is 0 Å². The van der Waals surface area contributed by atoms with Gasteiger partial charge >= 0.3 is 5.69 Å². The van der Waals surface area contributed by atoms with E-state index < -0.39 is 0 Å². The summed E-state index contributed by atoms with van der Waals surface area (Å²) >= 11 is 2.21. The van der Waals surface area contributed by atoms with Crippen LogP contribution in [-0.4, -0.2) is 38.2 Å². The second kappa shape index (κ2) is 9.16. The smallest absolute Gasteiger partial charge is 0.339 e. The number of amides is 1. The third-order valence-electron chi connectivity index (χ3n) is 5.69. The lowest BCUT2D eigenvalue weighted by Crippen LogP contribution is -2.39. The fraction of sp³-hybridized carbons (Fsp3) is 0.348. The number of benzene rings is 2. The van der Waals surface area contributed by atoms with E-state index in [1.807, 2.05) is 66.4 Å². The van der Waals surface area contributed by atoms with Gasteiger partial charge in [-0.05, 0) is 60.1 Å². The fourth-order valence-corrected chi connectivity index (χ4v) is 4.68. The largest absolute Gasteiger partial charge is 0.346 e. The maximum Gasteiger partial charge on any atom is 0.346 e. The van der Waals surface area contributed by atoms with Crippen LogP contribution in [0.5, 0.6) is 0 Å². The van der Waals surface area contributed by atoms with Gasteiger partial charge in [0.25, 0.3) is 5.91 Å². The molecule has 156 valence electrons. The maximum atomic E-state index is 12.9. The van der Waals surface area contributed by atoms with Crippen molar-refractivity contribution in [1.82, 2.24) is 19.2 Å². The van der Waals surface area contributed by atoms with Gasteiger partial charge in [-0.1, -0.05) is 42.5 Å². The Morgan fingerprint density at radius 1 is 1.07 bits per heavy atom. The van der Waals surface area contributed by atoms with Gasteiger partial charge in [0.2, 0.25) is 0 Å². The standard InChI is InChI=1S/C23H25IN4O2/c1-2-27-21(25-28(23(27)30)16-17-8-4-3-5-9-17)18-12-14-26(15-13-18)22(29)19-10-6-7-11-20(19)24/h3-11,18H,2,12-16H2,1H3. The van der Waals surface area contributed by atoms with Gasteiger partial charge in [0.15, 0.2) is 0 Å². The first-order valence-electron chi connectivity index (χ1n) is 10.3. The zero-order valence-electron chi connectivity index (χ0n) is 17.0. The highest BCUT2D eigenvalue weighted by Crippen LogP contribution is 2.27. The molecular weight excluding hydrogens is 491 g/mol. The molecule has 1 fully saturated rings. The molecule has 4 rings (SSSR count). The van der Waals surface area contributed by atoms with Gasteiger partial charge in [-0.3, -0.25) is 9.36 Å². The Morgan fingerprint density at radius 3 is 2.40 bits per heavy atom. The molecule has 2 aromatic carbocycles. The van der Waals surface area contributed by atoms with E-state index in [0.29, 0.717) is 26.2 Å². The van der Waals surface area contributed by atoms with E-state index in [1.54, 1.807) is 9.25 Å². The molecule has 0 N–H and O–H groups in total. The number of halogens is 1. The number of rotatable bonds is 5. The van der Waals surface area contributed by atoms with Crippen LogP contribution in [0.15, 0.2) is 59.4 Å². The molecular formula is C23H25IN4O2. The predicted octanol–water partition coefficient (Wildman–Crippen LogP) is 3.74. The van der Waals surface area contributed by atoms with Crippen molar-refractivity contribution in [2.45, 2.75) is 38.8 Å². The number of aromatic nitrogens is 3. The Kier molecular flexibility index (Phi) is 6.36. The molecule has 1 aliphatic rings. The average Bonchev–Trinajstić information content (AvgIpc) is 3.09. The summed E-state index contributed by atoms with van der Waals surface area (Å²) in [6.45, 7) is 4.42. The van der Waals surface area contributed by atoms with Crippen LogP contribution in [0.1, 0.15) is 47.4 Å². The Morgan fingerprint density at radius 2 is 1.73 bits per heavy atom. The summed E-state index contributed by atoms with van der Waals surface area (Å²) in [6.07, 6.45) is 1.63. The minimum Gasteiger partial charge on any atom is -0.339 e. The zero-order valence-corrected chi connectivity index (χ0v) is 19.2. The van der Waals surface area contributed by atoms with Crippen LogP contribution in [0.4, 0.5) is 0 Å². The molecule has 1 aromatic heterocycles. The van der Waals surface area contributed by atoms with Crippen molar-refractivity contribution in [3.63, 3.8) is 0 Å². The zero-order chi connectivity index (χ0) is 21.1. The number of hydrogen-bond donors (Lipinski definition) is 0. The minimum absolute atomic E-state index is 0.0614. The van der Waals surface area contributed by atoms with Gasteiger partial charge in [0.05, 0.1) is 12.1 Å². The van der Waals surface area contributed by atoms with Crippen molar-refractivity contribution >= 4 is 28.5 Å². The summed E-state index contributed by atoms with van der Waals surface area (Å²) in [7, 11) is 0. The van der Waals surface area contributed by atoms with Crippen molar-refractivity contribution in [3.05, 3.63) is 85.6 Å². The van der Waals surface area contributed by atoms with Gasteiger partial charge in [-0.25, -0.2) is 9.48 Å². The molecule has 0 saturated carbocycles. The molecule has 3 aromatic rings. The summed E-state index contributed by atoms with van der Waals surface area (Å²) in [5.41, 5.74) is 1.76. The Hall–Kier alpha value is -2.42. The number of likely N-dealkylation sites (tertiary alicyclic amines) is 1. The SMILES string of the molecule is CCn1c(C2CCN(C(=O)c3ccccc3I)CC2)nn(Cc2ccccc2)c1=O. The van der Waals surface area contributed by atoms with Crippen LogP contribution >= 0.6 is 22.6 Å². The number of carbonyl (C=O) groups is 1. The van der Waals surface area contributed by atoms with Gasteiger partial charge in [-0.15, -0.1) is 0 Å². The minimum atomic E-state index is -0.0614. The lowest BCUT2D eigenvalue weighted by molar-refractivity contribution is 0.0709. The molecule has 1 amide bonds. The molecule has 7 heteroatoms. The topological polar surface area (TPSA) is 60.1 Å². The monoisotopic (exact) mass is 516 g/mol. The van der Waals surface area contributed by atoms with E-state index in [1.165, 1.54) is 0 Å². The van der Waals surface area contributed by atoms with E-state index in [4.69, 9.17) is 5.10 Å². The number of piperidine rings is 1. The lowest BCUT2D eigenvalue weighted by Gasteiger charge is -2.31. The molecule has 1 saturated heterocycles. The molecule has 0 atom stereocenters. The van der Waals surface area contributed by atoms with E-state index >= 15 is 0 Å². The van der Waals surface area contributed by atoms with E-state index in [9.17, 15) is 9.59 Å². The molecule has 30 heavy (non-hydrogen) atoms. The van der Waals surface area contributed by atoms with E-state index in [0.717, 1.165) is 33.4 Å². The molecule has 0 radical (unpaired) electrons. The Labute approximate surface area is 189 Å². The first-order chi connectivity index (χ1) is 14.6. The average molecular weight is 516 g/mol. The van der Waals surface area contributed by atoms with Crippen LogP contribution in [0.3, 0.4) is 0 Å². The third kappa shape index (κ3) is 4.21. The number of carbonyl (C=O) groups excluding carboxylic acids is 1. The first kappa shape index (κ1) is 20.8. The summed E-state index contributed by atoms with van der Waals surface area (Å²) < 4.78 is 4.32. The van der Waals surface area contributed by atoms with Gasteiger partial charge < -0.3 is 4.90 Å². The lowest BCUT2D eigenvalue weighted by atomic mass is 9.95. The quantitative estimate of drug-likeness (QED) is 0.486.